The predicted octanol–water partition coefficient (Wildman–Crippen LogP) is 22.4. The van der Waals surface area contributed by atoms with Gasteiger partial charge in [0.25, 0.3) is 0 Å². The standard InChI is InChI=1S/C71H122O6/c1-4-7-10-13-16-19-22-25-27-29-31-33-35-37-39-41-43-46-49-52-55-58-61-64-70(73)76-67-68(66-75-69(72)63-60-57-54-51-48-45-24-21-18-15-12-9-6-3)77-71(74)65-62-59-56-53-50-47-44-42-40-38-36-34-32-30-28-26-23-20-17-14-11-8-5-2/h7,10,12,15-16,19,21,23-27,30-33,68H,4-6,8-9,11,13-14,17-18,20,22,28-29,34-67H2,1-3H3/b10-7-,15-12-,19-16-,24-21-,26-23-,27-25-,32-30-,33-31-. The Hall–Kier alpha value is -3.67. The number of carbonyl (C=O) groups excluding carboxylic acids is 3. The van der Waals surface area contributed by atoms with E-state index in [-0.39, 0.29) is 31.1 Å². The van der Waals surface area contributed by atoms with Crippen LogP contribution in [0.5, 0.6) is 0 Å². The van der Waals surface area contributed by atoms with Crippen LogP contribution in [0.3, 0.4) is 0 Å². The second-order valence-corrected chi connectivity index (χ2v) is 21.6. The van der Waals surface area contributed by atoms with Crippen LogP contribution < -0.4 is 0 Å². The van der Waals surface area contributed by atoms with Gasteiger partial charge in [0.2, 0.25) is 0 Å². The second-order valence-electron chi connectivity index (χ2n) is 21.6. The lowest BCUT2D eigenvalue weighted by molar-refractivity contribution is -0.167. The molecule has 0 saturated heterocycles. The van der Waals surface area contributed by atoms with Crippen LogP contribution in [-0.2, 0) is 28.6 Å². The molecule has 0 spiro atoms. The number of rotatable bonds is 59. The Morgan fingerprint density at radius 1 is 0.273 bits per heavy atom. The number of esters is 3. The second kappa shape index (κ2) is 64.9. The summed E-state index contributed by atoms with van der Waals surface area (Å²) in [5, 5.41) is 0. The summed E-state index contributed by atoms with van der Waals surface area (Å²) < 4.78 is 16.9. The van der Waals surface area contributed by atoms with E-state index in [9.17, 15) is 14.4 Å². The number of hydrogen-bond acceptors (Lipinski definition) is 6. The topological polar surface area (TPSA) is 78.9 Å². The summed E-state index contributed by atoms with van der Waals surface area (Å²) in [5.41, 5.74) is 0. The molecular weight excluding hydrogens is 949 g/mol. The van der Waals surface area contributed by atoms with Gasteiger partial charge in [0.05, 0.1) is 0 Å². The molecule has 442 valence electrons. The van der Waals surface area contributed by atoms with Gasteiger partial charge in [-0.3, -0.25) is 14.4 Å². The zero-order chi connectivity index (χ0) is 55.7. The van der Waals surface area contributed by atoms with Crippen LogP contribution in [0, 0.1) is 0 Å². The first kappa shape index (κ1) is 73.3. The fourth-order valence-electron chi connectivity index (χ4n) is 9.15. The molecule has 6 heteroatoms. The largest absolute Gasteiger partial charge is 0.462 e. The average Bonchev–Trinajstić information content (AvgIpc) is 3.43. The van der Waals surface area contributed by atoms with Crippen molar-refractivity contribution in [2.75, 3.05) is 13.2 Å². The molecule has 0 aromatic rings. The van der Waals surface area contributed by atoms with Gasteiger partial charge in [-0.2, -0.15) is 0 Å². The smallest absolute Gasteiger partial charge is 0.306 e. The molecule has 0 aliphatic heterocycles. The van der Waals surface area contributed by atoms with Gasteiger partial charge in [-0.15, -0.1) is 0 Å². The third-order valence-electron chi connectivity index (χ3n) is 14.0. The molecule has 0 heterocycles. The van der Waals surface area contributed by atoms with Crippen molar-refractivity contribution >= 4 is 17.9 Å². The van der Waals surface area contributed by atoms with Crippen LogP contribution >= 0.6 is 0 Å². The number of hydrogen-bond donors (Lipinski definition) is 0. The highest BCUT2D eigenvalue weighted by Gasteiger charge is 2.19. The molecule has 0 amide bonds. The van der Waals surface area contributed by atoms with Crippen molar-refractivity contribution in [3.05, 3.63) is 97.2 Å². The summed E-state index contributed by atoms with van der Waals surface area (Å²) in [6.45, 7) is 6.47. The van der Waals surface area contributed by atoms with E-state index in [2.05, 4.69) is 118 Å². The quantitative estimate of drug-likeness (QED) is 0.0261. The fraction of sp³-hybridized carbons (Fsp3) is 0.732. The van der Waals surface area contributed by atoms with E-state index in [4.69, 9.17) is 14.2 Å². The van der Waals surface area contributed by atoms with Crippen LogP contribution in [0.25, 0.3) is 0 Å². The molecule has 0 N–H and O–H groups in total. The molecule has 0 bridgehead atoms. The van der Waals surface area contributed by atoms with Gasteiger partial charge in [0.15, 0.2) is 6.10 Å². The lowest BCUT2D eigenvalue weighted by Gasteiger charge is -2.18. The van der Waals surface area contributed by atoms with Crippen LogP contribution in [0.15, 0.2) is 97.2 Å². The summed E-state index contributed by atoms with van der Waals surface area (Å²) in [6.07, 6.45) is 87.0. The van der Waals surface area contributed by atoms with Crippen LogP contribution in [0.2, 0.25) is 0 Å². The monoisotopic (exact) mass is 1070 g/mol. The zero-order valence-electron chi connectivity index (χ0n) is 50.7. The van der Waals surface area contributed by atoms with Crippen molar-refractivity contribution in [1.29, 1.82) is 0 Å². The van der Waals surface area contributed by atoms with Gasteiger partial charge < -0.3 is 14.2 Å². The lowest BCUT2D eigenvalue weighted by Crippen LogP contribution is -2.30. The van der Waals surface area contributed by atoms with Gasteiger partial charge in [0, 0.05) is 19.3 Å². The lowest BCUT2D eigenvalue weighted by atomic mass is 10.0. The van der Waals surface area contributed by atoms with E-state index < -0.39 is 6.10 Å². The van der Waals surface area contributed by atoms with E-state index in [1.807, 2.05) is 0 Å². The molecule has 77 heavy (non-hydrogen) atoms. The van der Waals surface area contributed by atoms with E-state index >= 15 is 0 Å². The van der Waals surface area contributed by atoms with Gasteiger partial charge in [-0.25, -0.2) is 0 Å². The van der Waals surface area contributed by atoms with Crippen molar-refractivity contribution < 1.29 is 28.6 Å². The molecule has 0 aliphatic carbocycles. The Bertz CT molecular complexity index is 1510. The molecule has 0 fully saturated rings. The van der Waals surface area contributed by atoms with Crippen LogP contribution in [-0.4, -0.2) is 37.2 Å². The van der Waals surface area contributed by atoms with Gasteiger partial charge in [0.1, 0.15) is 13.2 Å². The maximum absolute atomic E-state index is 12.9. The molecule has 6 nitrogen and oxygen atoms in total. The molecule has 0 aliphatic rings. The maximum Gasteiger partial charge on any atom is 0.306 e. The van der Waals surface area contributed by atoms with Gasteiger partial charge in [-0.05, 0) is 116 Å². The number of unbranched alkanes of at least 4 members (excludes halogenated alkanes) is 32. The van der Waals surface area contributed by atoms with Crippen molar-refractivity contribution in [3.8, 4) is 0 Å². The average molecular weight is 1070 g/mol. The van der Waals surface area contributed by atoms with E-state index in [0.717, 1.165) is 122 Å². The Morgan fingerprint density at radius 3 is 0.844 bits per heavy atom. The number of carbonyl (C=O) groups is 3. The first-order valence-corrected chi connectivity index (χ1v) is 32.7. The highest BCUT2D eigenvalue weighted by Crippen LogP contribution is 2.16. The first-order valence-electron chi connectivity index (χ1n) is 32.7. The van der Waals surface area contributed by atoms with Crippen LogP contribution in [0.4, 0.5) is 0 Å². The normalized spacial score (nSPS) is 12.7. The Balaban J connectivity index is 4.33. The molecule has 0 aromatic heterocycles. The molecule has 0 rings (SSSR count). The molecular formula is C71H122O6. The highest BCUT2D eigenvalue weighted by molar-refractivity contribution is 5.71. The van der Waals surface area contributed by atoms with Crippen molar-refractivity contribution in [1.82, 2.24) is 0 Å². The highest BCUT2D eigenvalue weighted by atomic mass is 16.6. The zero-order valence-corrected chi connectivity index (χ0v) is 50.7. The SMILES string of the molecule is CC/C=C\C/C=C\C/C=C\C/C=C\CCCCCCCCCCCCC(=O)OCC(COC(=O)CCCCCCC/C=C\C/C=C\CCC)OC(=O)CCCCCCCCCCCCC/C=C\C/C=C\CCCCCCC. The molecule has 1 atom stereocenters. The minimum atomic E-state index is -0.788. The van der Waals surface area contributed by atoms with E-state index in [0.29, 0.717) is 19.3 Å². The number of allylic oxidation sites excluding steroid dienone is 16. The van der Waals surface area contributed by atoms with Crippen molar-refractivity contribution in [3.63, 3.8) is 0 Å². The molecule has 1 unspecified atom stereocenters. The summed E-state index contributed by atoms with van der Waals surface area (Å²) in [5.74, 6) is -0.894. The van der Waals surface area contributed by atoms with Gasteiger partial charge in [-0.1, -0.05) is 279 Å². The number of ether oxygens (including phenoxy) is 3. The summed E-state index contributed by atoms with van der Waals surface area (Å²) in [6, 6.07) is 0. The Morgan fingerprint density at radius 2 is 0.532 bits per heavy atom. The third-order valence-corrected chi connectivity index (χ3v) is 14.0. The summed E-state index contributed by atoms with van der Waals surface area (Å²) in [4.78, 5) is 38.3. The minimum Gasteiger partial charge on any atom is -0.462 e. The first-order chi connectivity index (χ1) is 38.0. The van der Waals surface area contributed by atoms with Gasteiger partial charge >= 0.3 is 17.9 Å². The Kier molecular flexibility index (Phi) is 61.8. The molecule has 0 saturated carbocycles. The van der Waals surface area contributed by atoms with E-state index in [1.165, 1.54) is 154 Å². The van der Waals surface area contributed by atoms with Crippen LogP contribution in [0.1, 0.15) is 316 Å². The Labute approximate surface area is 477 Å². The minimum absolute atomic E-state index is 0.0843. The summed E-state index contributed by atoms with van der Waals surface area (Å²) >= 11 is 0. The van der Waals surface area contributed by atoms with Crippen molar-refractivity contribution in [2.45, 2.75) is 322 Å². The summed E-state index contributed by atoms with van der Waals surface area (Å²) in [7, 11) is 0. The molecule has 0 aromatic carbocycles. The maximum atomic E-state index is 12.9. The third kappa shape index (κ3) is 63.0. The fourth-order valence-corrected chi connectivity index (χ4v) is 9.15. The van der Waals surface area contributed by atoms with E-state index in [1.54, 1.807) is 0 Å². The molecule has 0 radical (unpaired) electrons. The predicted molar refractivity (Wildman–Crippen MR) is 334 cm³/mol. The van der Waals surface area contributed by atoms with Crippen molar-refractivity contribution in [2.24, 2.45) is 0 Å².